The summed E-state index contributed by atoms with van der Waals surface area (Å²) in [6, 6.07) is 10.3. The molecular formula is C19H22ClN3O3. The van der Waals surface area contributed by atoms with Crippen LogP contribution in [0.4, 0.5) is 11.4 Å². The molecule has 0 aliphatic carbocycles. The Bertz CT molecular complexity index is 822. The first-order chi connectivity index (χ1) is 12.3. The van der Waals surface area contributed by atoms with Gasteiger partial charge in [0.15, 0.2) is 0 Å². The van der Waals surface area contributed by atoms with E-state index >= 15 is 0 Å². The standard InChI is InChI=1S/C19H22ClN3O3/c1-12-8-16(17(26-4)10-15(12)20)21-11-18(24)22-14-7-5-6-13(9-14)19(25)23(2)3/h5-10,21H,11H2,1-4H3,(H,22,24). The van der Waals surface area contributed by atoms with Crippen molar-refractivity contribution in [3.8, 4) is 5.75 Å². The van der Waals surface area contributed by atoms with Crippen molar-refractivity contribution in [3.63, 3.8) is 0 Å². The van der Waals surface area contributed by atoms with E-state index in [-0.39, 0.29) is 18.4 Å². The van der Waals surface area contributed by atoms with Crippen LogP contribution in [0.25, 0.3) is 0 Å². The maximum Gasteiger partial charge on any atom is 0.253 e. The largest absolute Gasteiger partial charge is 0.495 e. The van der Waals surface area contributed by atoms with Gasteiger partial charge >= 0.3 is 0 Å². The van der Waals surface area contributed by atoms with Crippen LogP contribution in [0.2, 0.25) is 5.02 Å². The van der Waals surface area contributed by atoms with E-state index in [1.54, 1.807) is 51.5 Å². The van der Waals surface area contributed by atoms with Crippen LogP contribution in [0.3, 0.4) is 0 Å². The van der Waals surface area contributed by atoms with Crippen LogP contribution >= 0.6 is 11.6 Å². The maximum absolute atomic E-state index is 12.2. The molecule has 0 unspecified atom stereocenters. The van der Waals surface area contributed by atoms with Gasteiger partial charge in [-0.3, -0.25) is 9.59 Å². The highest BCUT2D eigenvalue weighted by atomic mass is 35.5. The fourth-order valence-corrected chi connectivity index (χ4v) is 2.49. The summed E-state index contributed by atoms with van der Waals surface area (Å²) in [7, 11) is 4.90. The third kappa shape index (κ3) is 4.89. The van der Waals surface area contributed by atoms with E-state index in [2.05, 4.69) is 10.6 Å². The fourth-order valence-electron chi connectivity index (χ4n) is 2.34. The summed E-state index contributed by atoms with van der Waals surface area (Å²) in [5.41, 5.74) is 2.63. The first-order valence-corrected chi connectivity index (χ1v) is 8.39. The van der Waals surface area contributed by atoms with Crippen LogP contribution in [0, 0.1) is 6.92 Å². The van der Waals surface area contributed by atoms with Crippen molar-refractivity contribution >= 4 is 34.8 Å². The summed E-state index contributed by atoms with van der Waals surface area (Å²) in [5, 5.41) is 6.40. The van der Waals surface area contributed by atoms with Crippen molar-refractivity contribution in [1.82, 2.24) is 4.90 Å². The smallest absolute Gasteiger partial charge is 0.253 e. The monoisotopic (exact) mass is 375 g/mol. The zero-order chi connectivity index (χ0) is 19.3. The second kappa shape index (κ2) is 8.58. The molecule has 2 aromatic carbocycles. The Morgan fingerprint density at radius 1 is 1.19 bits per heavy atom. The lowest BCUT2D eigenvalue weighted by Crippen LogP contribution is -2.23. The van der Waals surface area contributed by atoms with Crippen molar-refractivity contribution in [1.29, 1.82) is 0 Å². The molecule has 0 aliphatic heterocycles. The molecule has 0 atom stereocenters. The molecular weight excluding hydrogens is 354 g/mol. The van der Waals surface area contributed by atoms with Gasteiger partial charge in [0.05, 0.1) is 19.3 Å². The van der Waals surface area contributed by atoms with Gasteiger partial charge in [0.25, 0.3) is 5.91 Å². The highest BCUT2D eigenvalue weighted by Gasteiger charge is 2.11. The number of halogens is 1. The van der Waals surface area contributed by atoms with Gasteiger partial charge in [0, 0.05) is 36.4 Å². The molecule has 0 fully saturated rings. The number of carbonyl (C=O) groups is 2. The van der Waals surface area contributed by atoms with Crippen LogP contribution in [0.15, 0.2) is 36.4 Å². The van der Waals surface area contributed by atoms with E-state index in [1.807, 2.05) is 13.0 Å². The first kappa shape index (κ1) is 19.6. The fraction of sp³-hybridized carbons (Fsp3) is 0.263. The number of hydrogen-bond acceptors (Lipinski definition) is 4. The Kier molecular flexibility index (Phi) is 6.46. The number of nitrogens with one attached hydrogen (secondary N) is 2. The normalized spacial score (nSPS) is 10.2. The third-order valence-electron chi connectivity index (χ3n) is 3.72. The molecule has 0 heterocycles. The number of aryl methyl sites for hydroxylation is 1. The highest BCUT2D eigenvalue weighted by Crippen LogP contribution is 2.30. The summed E-state index contributed by atoms with van der Waals surface area (Å²) >= 11 is 6.08. The van der Waals surface area contributed by atoms with Gasteiger partial charge in [-0.25, -0.2) is 0 Å². The number of ether oxygens (including phenoxy) is 1. The van der Waals surface area contributed by atoms with Crippen molar-refractivity contribution in [3.05, 3.63) is 52.5 Å². The van der Waals surface area contributed by atoms with Crippen molar-refractivity contribution in [2.45, 2.75) is 6.92 Å². The number of nitrogens with zero attached hydrogens (tertiary/aromatic N) is 1. The van der Waals surface area contributed by atoms with Gasteiger partial charge in [-0.15, -0.1) is 0 Å². The van der Waals surface area contributed by atoms with Gasteiger partial charge in [-0.2, -0.15) is 0 Å². The summed E-state index contributed by atoms with van der Waals surface area (Å²) in [5.74, 6) is 0.196. The summed E-state index contributed by atoms with van der Waals surface area (Å²) in [6.45, 7) is 1.92. The second-order valence-electron chi connectivity index (χ2n) is 5.98. The lowest BCUT2D eigenvalue weighted by atomic mass is 10.2. The quantitative estimate of drug-likeness (QED) is 0.811. The second-order valence-corrected chi connectivity index (χ2v) is 6.39. The van der Waals surface area contributed by atoms with Gasteiger partial charge in [0.2, 0.25) is 5.91 Å². The van der Waals surface area contributed by atoms with E-state index in [4.69, 9.17) is 16.3 Å². The molecule has 0 radical (unpaired) electrons. The lowest BCUT2D eigenvalue weighted by Gasteiger charge is -2.14. The van der Waals surface area contributed by atoms with Gasteiger partial charge in [-0.05, 0) is 36.8 Å². The number of benzene rings is 2. The van der Waals surface area contributed by atoms with E-state index in [0.717, 1.165) is 5.56 Å². The molecule has 7 heteroatoms. The Labute approximate surface area is 158 Å². The average Bonchev–Trinajstić information content (AvgIpc) is 2.61. The Morgan fingerprint density at radius 2 is 1.92 bits per heavy atom. The van der Waals surface area contributed by atoms with Crippen LogP contribution < -0.4 is 15.4 Å². The molecule has 2 rings (SSSR count). The molecule has 26 heavy (non-hydrogen) atoms. The number of anilines is 2. The molecule has 0 saturated carbocycles. The zero-order valence-electron chi connectivity index (χ0n) is 15.2. The van der Waals surface area contributed by atoms with E-state index in [0.29, 0.717) is 27.7 Å². The van der Waals surface area contributed by atoms with Crippen LogP contribution in [0.1, 0.15) is 15.9 Å². The van der Waals surface area contributed by atoms with Gasteiger partial charge in [0.1, 0.15) is 5.75 Å². The molecule has 0 saturated heterocycles. The van der Waals surface area contributed by atoms with E-state index in [9.17, 15) is 9.59 Å². The third-order valence-corrected chi connectivity index (χ3v) is 4.13. The Hall–Kier alpha value is -2.73. The molecule has 6 nitrogen and oxygen atoms in total. The Balaban J connectivity index is 2.03. The predicted molar refractivity (Wildman–Crippen MR) is 104 cm³/mol. The molecule has 2 amide bonds. The minimum Gasteiger partial charge on any atom is -0.495 e. The SMILES string of the molecule is COc1cc(Cl)c(C)cc1NCC(=O)Nc1cccc(C(=O)N(C)C)c1. The van der Waals surface area contributed by atoms with Crippen molar-refractivity contribution in [2.24, 2.45) is 0 Å². The molecule has 0 spiro atoms. The van der Waals surface area contributed by atoms with Crippen molar-refractivity contribution < 1.29 is 14.3 Å². The van der Waals surface area contributed by atoms with Crippen LogP contribution in [-0.2, 0) is 4.79 Å². The maximum atomic E-state index is 12.2. The predicted octanol–water partition coefficient (Wildman–Crippen LogP) is 3.41. The first-order valence-electron chi connectivity index (χ1n) is 8.01. The number of hydrogen-bond donors (Lipinski definition) is 2. The zero-order valence-corrected chi connectivity index (χ0v) is 16.0. The number of carbonyl (C=O) groups excluding carboxylic acids is 2. The summed E-state index contributed by atoms with van der Waals surface area (Å²) in [4.78, 5) is 25.7. The van der Waals surface area contributed by atoms with Crippen LogP contribution in [-0.4, -0.2) is 44.5 Å². The molecule has 0 aliphatic rings. The van der Waals surface area contributed by atoms with Gasteiger partial charge < -0.3 is 20.3 Å². The van der Waals surface area contributed by atoms with E-state index in [1.165, 1.54) is 4.90 Å². The lowest BCUT2D eigenvalue weighted by molar-refractivity contribution is -0.114. The number of rotatable bonds is 6. The number of methoxy groups -OCH3 is 1. The molecule has 0 bridgehead atoms. The highest BCUT2D eigenvalue weighted by molar-refractivity contribution is 6.31. The molecule has 2 N–H and O–H groups in total. The van der Waals surface area contributed by atoms with Gasteiger partial charge in [-0.1, -0.05) is 17.7 Å². The van der Waals surface area contributed by atoms with E-state index < -0.39 is 0 Å². The van der Waals surface area contributed by atoms with Crippen molar-refractivity contribution in [2.75, 3.05) is 38.4 Å². The average molecular weight is 376 g/mol. The Morgan fingerprint density at radius 3 is 2.58 bits per heavy atom. The molecule has 0 aromatic heterocycles. The van der Waals surface area contributed by atoms with Crippen LogP contribution in [0.5, 0.6) is 5.75 Å². The summed E-state index contributed by atoms with van der Waals surface area (Å²) < 4.78 is 5.28. The summed E-state index contributed by atoms with van der Waals surface area (Å²) in [6.07, 6.45) is 0. The molecule has 138 valence electrons. The minimum atomic E-state index is -0.242. The number of amides is 2. The minimum absolute atomic E-state index is 0.0449. The molecule has 2 aromatic rings. The topological polar surface area (TPSA) is 70.7 Å².